The van der Waals surface area contributed by atoms with Crippen LogP contribution < -0.4 is 4.74 Å². The zero-order chi connectivity index (χ0) is 15.2. The summed E-state index contributed by atoms with van der Waals surface area (Å²) in [6, 6.07) is 18.1. The van der Waals surface area contributed by atoms with Crippen LogP contribution in [-0.2, 0) is 6.42 Å². The third-order valence-corrected chi connectivity index (χ3v) is 3.65. The van der Waals surface area contributed by atoms with Gasteiger partial charge >= 0.3 is 0 Å². The van der Waals surface area contributed by atoms with Crippen molar-refractivity contribution in [2.75, 3.05) is 6.61 Å². The summed E-state index contributed by atoms with van der Waals surface area (Å²) in [7, 11) is 0. The Morgan fingerprint density at radius 2 is 1.86 bits per heavy atom. The summed E-state index contributed by atoms with van der Waals surface area (Å²) in [5.41, 5.74) is 1.13. The molecule has 0 aliphatic heterocycles. The van der Waals surface area contributed by atoms with Gasteiger partial charge in [-0.2, -0.15) is 0 Å². The zero-order valence-corrected chi connectivity index (χ0v) is 12.4. The molecule has 0 radical (unpaired) electrons. The third kappa shape index (κ3) is 3.83. The molecule has 1 aromatic heterocycles. The van der Waals surface area contributed by atoms with Gasteiger partial charge in [-0.25, -0.2) is 0 Å². The van der Waals surface area contributed by atoms with Crippen molar-refractivity contribution in [2.45, 2.75) is 18.9 Å². The number of hydrogen-bond acceptors (Lipinski definition) is 3. The van der Waals surface area contributed by atoms with Gasteiger partial charge in [0.15, 0.2) is 0 Å². The van der Waals surface area contributed by atoms with Crippen molar-refractivity contribution >= 4 is 10.8 Å². The molecule has 0 spiro atoms. The highest BCUT2D eigenvalue weighted by atomic mass is 16.5. The van der Waals surface area contributed by atoms with Crippen LogP contribution in [0.3, 0.4) is 0 Å². The topological polar surface area (TPSA) is 42.4 Å². The SMILES string of the molecule is OC(CCc1cccnc1)COc1ccc2ccccc2c1. The van der Waals surface area contributed by atoms with Crippen LogP contribution in [0.4, 0.5) is 0 Å². The summed E-state index contributed by atoms with van der Waals surface area (Å²) in [5, 5.41) is 12.4. The minimum atomic E-state index is -0.480. The number of aromatic nitrogens is 1. The van der Waals surface area contributed by atoms with E-state index in [1.54, 1.807) is 6.20 Å². The standard InChI is InChI=1S/C19H19NO2/c21-18(9-7-15-4-3-11-20-13-15)14-22-19-10-8-16-5-1-2-6-17(16)12-19/h1-6,8,10-13,18,21H,7,9,14H2. The first-order valence-corrected chi connectivity index (χ1v) is 7.50. The Hall–Kier alpha value is -2.39. The Balaban J connectivity index is 1.52. The van der Waals surface area contributed by atoms with E-state index in [-0.39, 0.29) is 0 Å². The van der Waals surface area contributed by atoms with E-state index in [4.69, 9.17) is 4.74 Å². The second-order valence-electron chi connectivity index (χ2n) is 5.37. The van der Waals surface area contributed by atoms with Crippen LogP contribution in [-0.4, -0.2) is 22.8 Å². The first kappa shape index (κ1) is 14.5. The number of rotatable bonds is 6. The predicted molar refractivity (Wildman–Crippen MR) is 88.0 cm³/mol. The van der Waals surface area contributed by atoms with Gasteiger partial charge in [-0.05, 0) is 47.4 Å². The van der Waals surface area contributed by atoms with Gasteiger partial charge in [0, 0.05) is 12.4 Å². The predicted octanol–water partition coefficient (Wildman–Crippen LogP) is 3.61. The molecule has 1 N–H and O–H groups in total. The van der Waals surface area contributed by atoms with E-state index in [9.17, 15) is 5.11 Å². The van der Waals surface area contributed by atoms with E-state index in [0.717, 1.165) is 23.1 Å². The lowest BCUT2D eigenvalue weighted by atomic mass is 10.1. The number of pyridine rings is 1. The summed E-state index contributed by atoms with van der Waals surface area (Å²) >= 11 is 0. The maximum Gasteiger partial charge on any atom is 0.120 e. The van der Waals surface area contributed by atoms with Crippen LogP contribution >= 0.6 is 0 Å². The van der Waals surface area contributed by atoms with Gasteiger partial charge in [0.1, 0.15) is 12.4 Å². The molecular weight excluding hydrogens is 274 g/mol. The van der Waals surface area contributed by atoms with Gasteiger partial charge in [-0.15, -0.1) is 0 Å². The first-order valence-electron chi connectivity index (χ1n) is 7.50. The summed E-state index contributed by atoms with van der Waals surface area (Å²) < 4.78 is 5.70. The van der Waals surface area contributed by atoms with Crippen LogP contribution in [0.25, 0.3) is 10.8 Å². The monoisotopic (exact) mass is 293 g/mol. The van der Waals surface area contributed by atoms with Crippen molar-refractivity contribution in [3.05, 3.63) is 72.6 Å². The normalized spacial score (nSPS) is 12.2. The number of benzene rings is 2. The number of fused-ring (bicyclic) bond motifs is 1. The molecule has 0 fully saturated rings. The second kappa shape index (κ2) is 7.05. The summed E-state index contributed by atoms with van der Waals surface area (Å²) in [6.45, 7) is 0.304. The Morgan fingerprint density at radius 3 is 2.68 bits per heavy atom. The van der Waals surface area contributed by atoms with Gasteiger partial charge < -0.3 is 9.84 Å². The second-order valence-corrected chi connectivity index (χ2v) is 5.37. The van der Waals surface area contributed by atoms with Crippen molar-refractivity contribution in [1.82, 2.24) is 4.98 Å². The molecule has 112 valence electrons. The molecule has 3 nitrogen and oxygen atoms in total. The van der Waals surface area contributed by atoms with Gasteiger partial charge in [0.05, 0.1) is 6.10 Å². The fourth-order valence-corrected chi connectivity index (χ4v) is 2.41. The number of aryl methyl sites for hydroxylation is 1. The van der Waals surface area contributed by atoms with Crippen LogP contribution in [0.5, 0.6) is 5.75 Å². The quantitative estimate of drug-likeness (QED) is 0.755. The number of ether oxygens (including phenoxy) is 1. The molecule has 0 saturated heterocycles. The smallest absolute Gasteiger partial charge is 0.120 e. The lowest BCUT2D eigenvalue weighted by molar-refractivity contribution is 0.100. The number of hydrogen-bond donors (Lipinski definition) is 1. The number of aliphatic hydroxyl groups excluding tert-OH is 1. The molecule has 3 aromatic rings. The fourth-order valence-electron chi connectivity index (χ4n) is 2.41. The molecule has 0 saturated carbocycles. The van der Waals surface area contributed by atoms with Crippen LogP contribution in [0.15, 0.2) is 67.0 Å². The molecule has 0 aliphatic rings. The summed E-state index contributed by atoms with van der Waals surface area (Å²) in [6.07, 6.45) is 4.57. The highest BCUT2D eigenvalue weighted by Gasteiger charge is 2.06. The van der Waals surface area contributed by atoms with E-state index < -0.39 is 6.10 Å². The average Bonchev–Trinajstić information content (AvgIpc) is 2.59. The van der Waals surface area contributed by atoms with E-state index >= 15 is 0 Å². The highest BCUT2D eigenvalue weighted by Crippen LogP contribution is 2.20. The number of nitrogens with zero attached hydrogens (tertiary/aromatic N) is 1. The molecule has 3 heteroatoms. The average molecular weight is 293 g/mol. The summed E-state index contributed by atoms with van der Waals surface area (Å²) in [5.74, 6) is 0.791. The molecule has 1 unspecified atom stereocenters. The fraction of sp³-hybridized carbons (Fsp3) is 0.211. The van der Waals surface area contributed by atoms with Crippen molar-refractivity contribution < 1.29 is 9.84 Å². The number of aliphatic hydroxyl groups is 1. The largest absolute Gasteiger partial charge is 0.491 e. The Morgan fingerprint density at radius 1 is 1.00 bits per heavy atom. The molecule has 1 atom stereocenters. The van der Waals surface area contributed by atoms with E-state index in [1.807, 2.05) is 48.7 Å². The van der Waals surface area contributed by atoms with Crippen LogP contribution in [0.1, 0.15) is 12.0 Å². The summed E-state index contributed by atoms with van der Waals surface area (Å²) in [4.78, 5) is 4.07. The van der Waals surface area contributed by atoms with Gasteiger partial charge in [-0.3, -0.25) is 4.98 Å². The molecule has 0 aliphatic carbocycles. The lowest BCUT2D eigenvalue weighted by Crippen LogP contribution is -2.18. The molecule has 3 rings (SSSR count). The highest BCUT2D eigenvalue weighted by molar-refractivity contribution is 5.83. The Kier molecular flexibility index (Phi) is 4.66. The van der Waals surface area contributed by atoms with Crippen molar-refractivity contribution in [3.8, 4) is 5.75 Å². The third-order valence-electron chi connectivity index (χ3n) is 3.65. The Labute approximate surface area is 130 Å². The van der Waals surface area contributed by atoms with Gasteiger partial charge in [0.25, 0.3) is 0 Å². The van der Waals surface area contributed by atoms with E-state index in [1.165, 1.54) is 5.39 Å². The molecule has 1 heterocycles. The van der Waals surface area contributed by atoms with Gasteiger partial charge in [0.2, 0.25) is 0 Å². The molecular formula is C19H19NO2. The molecule has 2 aromatic carbocycles. The van der Waals surface area contributed by atoms with Crippen LogP contribution in [0.2, 0.25) is 0 Å². The maximum atomic E-state index is 10.0. The van der Waals surface area contributed by atoms with Gasteiger partial charge in [-0.1, -0.05) is 36.4 Å². The van der Waals surface area contributed by atoms with Crippen LogP contribution in [0, 0.1) is 0 Å². The van der Waals surface area contributed by atoms with E-state index in [2.05, 4.69) is 17.1 Å². The van der Waals surface area contributed by atoms with Crippen molar-refractivity contribution in [1.29, 1.82) is 0 Å². The molecule has 22 heavy (non-hydrogen) atoms. The maximum absolute atomic E-state index is 10.0. The first-order chi connectivity index (χ1) is 10.8. The minimum absolute atomic E-state index is 0.304. The lowest BCUT2D eigenvalue weighted by Gasteiger charge is -2.12. The van der Waals surface area contributed by atoms with Crippen molar-refractivity contribution in [3.63, 3.8) is 0 Å². The molecule has 0 amide bonds. The zero-order valence-electron chi connectivity index (χ0n) is 12.4. The minimum Gasteiger partial charge on any atom is -0.491 e. The Bertz CT molecular complexity index is 728. The van der Waals surface area contributed by atoms with E-state index in [0.29, 0.717) is 13.0 Å². The molecule has 0 bridgehead atoms. The van der Waals surface area contributed by atoms with Crippen molar-refractivity contribution in [2.24, 2.45) is 0 Å².